The molecule has 1 aromatic carbocycles. The van der Waals surface area contributed by atoms with Crippen LogP contribution >= 0.6 is 0 Å². The second-order valence-corrected chi connectivity index (χ2v) is 7.11. The molecule has 0 aromatic heterocycles. The van der Waals surface area contributed by atoms with Crippen LogP contribution in [0.3, 0.4) is 0 Å². The first-order valence-corrected chi connectivity index (χ1v) is 8.53. The number of nitrogens with two attached hydrogens (primary N) is 1. The summed E-state index contributed by atoms with van der Waals surface area (Å²) in [5, 5.41) is 0. The molecule has 0 spiro atoms. The van der Waals surface area contributed by atoms with E-state index in [4.69, 9.17) is 5.73 Å². The number of carbonyl (C=O) groups excluding carboxylic acids is 1. The normalized spacial score (nSPS) is 20.2. The van der Waals surface area contributed by atoms with E-state index in [2.05, 4.69) is 18.2 Å². The highest BCUT2D eigenvalue weighted by Crippen LogP contribution is 2.38. The number of carbonyl (C=O) groups is 1. The Morgan fingerprint density at radius 2 is 1.81 bits per heavy atom. The fourth-order valence-electron chi connectivity index (χ4n) is 4.20. The van der Waals surface area contributed by atoms with Gasteiger partial charge in [0.15, 0.2) is 0 Å². The lowest BCUT2D eigenvalue weighted by Gasteiger charge is -2.35. The van der Waals surface area contributed by atoms with Crippen LogP contribution in [0, 0.1) is 5.41 Å². The van der Waals surface area contributed by atoms with Gasteiger partial charge in [0.2, 0.25) is 0 Å². The van der Waals surface area contributed by atoms with Gasteiger partial charge in [-0.3, -0.25) is 4.79 Å². The summed E-state index contributed by atoms with van der Waals surface area (Å²) in [7, 11) is 0. The minimum Gasteiger partial charge on any atom is -0.330 e. The zero-order valence-corrected chi connectivity index (χ0v) is 13.0. The third-order valence-corrected chi connectivity index (χ3v) is 5.48. The molecule has 2 aliphatic carbocycles. The third kappa shape index (κ3) is 3.37. The van der Waals surface area contributed by atoms with Crippen LogP contribution in [0.15, 0.2) is 18.2 Å². The number of benzene rings is 1. The average molecular weight is 285 g/mol. The molecule has 114 valence electrons. The van der Waals surface area contributed by atoms with Crippen molar-refractivity contribution >= 4 is 5.78 Å². The first kappa shape index (κ1) is 14.8. The summed E-state index contributed by atoms with van der Waals surface area (Å²) >= 11 is 0. The van der Waals surface area contributed by atoms with Crippen molar-refractivity contribution in [3.8, 4) is 0 Å². The Morgan fingerprint density at radius 3 is 2.57 bits per heavy atom. The van der Waals surface area contributed by atoms with Crippen molar-refractivity contribution < 1.29 is 4.79 Å². The van der Waals surface area contributed by atoms with Crippen LogP contribution in [0.4, 0.5) is 0 Å². The van der Waals surface area contributed by atoms with Gasteiger partial charge in [-0.15, -0.1) is 0 Å². The van der Waals surface area contributed by atoms with Crippen LogP contribution in [0.5, 0.6) is 0 Å². The van der Waals surface area contributed by atoms with E-state index in [9.17, 15) is 4.79 Å². The molecule has 2 aliphatic rings. The molecule has 0 radical (unpaired) electrons. The topological polar surface area (TPSA) is 43.1 Å². The number of fused-ring (bicyclic) bond motifs is 1. The smallest absolute Gasteiger partial charge is 0.137 e. The quantitative estimate of drug-likeness (QED) is 0.898. The molecule has 0 saturated heterocycles. The highest BCUT2D eigenvalue weighted by atomic mass is 16.1. The van der Waals surface area contributed by atoms with Crippen LogP contribution in [0.1, 0.15) is 61.6 Å². The van der Waals surface area contributed by atoms with Crippen molar-refractivity contribution in [1.29, 1.82) is 0 Å². The second-order valence-electron chi connectivity index (χ2n) is 7.11. The lowest BCUT2D eigenvalue weighted by atomic mass is 9.70. The molecule has 0 aliphatic heterocycles. The zero-order chi connectivity index (χ0) is 14.7. The molecule has 2 N–H and O–H groups in total. The maximum atomic E-state index is 12.5. The molecule has 2 nitrogen and oxygen atoms in total. The number of aryl methyl sites for hydroxylation is 2. The van der Waals surface area contributed by atoms with E-state index in [1.165, 1.54) is 55.2 Å². The molecule has 1 saturated carbocycles. The second kappa shape index (κ2) is 6.31. The van der Waals surface area contributed by atoms with Crippen LogP contribution in [0.2, 0.25) is 0 Å². The predicted octanol–water partition coefficient (Wildman–Crippen LogP) is 3.59. The molecule has 1 fully saturated rings. The fraction of sp³-hybridized carbons (Fsp3) is 0.632. The Labute approximate surface area is 128 Å². The van der Waals surface area contributed by atoms with Crippen LogP contribution < -0.4 is 5.73 Å². The van der Waals surface area contributed by atoms with Crippen molar-refractivity contribution in [3.05, 3.63) is 34.9 Å². The number of rotatable bonds is 5. The molecular formula is C19H27NO. The van der Waals surface area contributed by atoms with Crippen molar-refractivity contribution in [3.63, 3.8) is 0 Å². The van der Waals surface area contributed by atoms with Gasteiger partial charge in [-0.1, -0.05) is 37.5 Å². The molecule has 0 unspecified atom stereocenters. The van der Waals surface area contributed by atoms with Gasteiger partial charge in [0.1, 0.15) is 5.78 Å². The molecule has 0 heterocycles. The Hall–Kier alpha value is -1.15. The highest BCUT2D eigenvalue weighted by Gasteiger charge is 2.32. The molecule has 21 heavy (non-hydrogen) atoms. The van der Waals surface area contributed by atoms with Crippen LogP contribution in [-0.4, -0.2) is 12.3 Å². The number of hydrogen-bond donors (Lipinski definition) is 1. The molecular weight excluding hydrogens is 258 g/mol. The number of Topliss-reactive ketones (excluding diaryl/α,β-unsaturated/α-hetero) is 1. The molecule has 0 atom stereocenters. The van der Waals surface area contributed by atoms with E-state index in [0.29, 0.717) is 25.2 Å². The van der Waals surface area contributed by atoms with E-state index < -0.39 is 0 Å². The molecule has 2 heteroatoms. The van der Waals surface area contributed by atoms with Crippen molar-refractivity contribution in [1.82, 2.24) is 0 Å². The van der Waals surface area contributed by atoms with Gasteiger partial charge in [0, 0.05) is 12.8 Å². The molecule has 0 amide bonds. The Bertz CT molecular complexity index is 514. The van der Waals surface area contributed by atoms with Gasteiger partial charge in [-0.2, -0.15) is 0 Å². The van der Waals surface area contributed by atoms with Gasteiger partial charge in [0.05, 0.1) is 0 Å². The van der Waals surface area contributed by atoms with Gasteiger partial charge >= 0.3 is 0 Å². The summed E-state index contributed by atoms with van der Waals surface area (Å²) in [6.45, 7) is 0.670. The zero-order valence-electron chi connectivity index (χ0n) is 13.0. The maximum absolute atomic E-state index is 12.5. The standard InChI is InChI=1S/C19H27NO/c20-14-19(9-2-1-3-10-19)13-18(21)12-15-7-8-16-5-4-6-17(16)11-15/h7-8,11H,1-6,9-10,12-14,20H2. The van der Waals surface area contributed by atoms with E-state index in [1.807, 2.05) is 0 Å². The van der Waals surface area contributed by atoms with Crippen molar-refractivity contribution in [2.75, 3.05) is 6.54 Å². The summed E-state index contributed by atoms with van der Waals surface area (Å²) in [5.41, 5.74) is 10.3. The van der Waals surface area contributed by atoms with Crippen LogP contribution in [-0.2, 0) is 24.1 Å². The Kier molecular flexibility index (Phi) is 4.44. The predicted molar refractivity (Wildman–Crippen MR) is 86.4 cm³/mol. The van der Waals surface area contributed by atoms with Gasteiger partial charge < -0.3 is 5.73 Å². The highest BCUT2D eigenvalue weighted by molar-refractivity contribution is 5.81. The maximum Gasteiger partial charge on any atom is 0.137 e. The summed E-state index contributed by atoms with van der Waals surface area (Å²) in [4.78, 5) is 12.5. The van der Waals surface area contributed by atoms with E-state index in [-0.39, 0.29) is 5.41 Å². The number of ketones is 1. The van der Waals surface area contributed by atoms with Gasteiger partial charge in [-0.25, -0.2) is 0 Å². The largest absolute Gasteiger partial charge is 0.330 e. The monoisotopic (exact) mass is 285 g/mol. The van der Waals surface area contributed by atoms with E-state index in [0.717, 1.165) is 12.8 Å². The Balaban J connectivity index is 1.63. The van der Waals surface area contributed by atoms with E-state index in [1.54, 1.807) is 0 Å². The lowest BCUT2D eigenvalue weighted by molar-refractivity contribution is -0.121. The molecule has 3 rings (SSSR count). The number of hydrogen-bond acceptors (Lipinski definition) is 2. The SMILES string of the molecule is NCC1(CC(=O)Cc2ccc3c(c2)CCC3)CCCCC1. The summed E-state index contributed by atoms with van der Waals surface area (Å²) in [5.74, 6) is 0.375. The summed E-state index contributed by atoms with van der Waals surface area (Å²) < 4.78 is 0. The van der Waals surface area contributed by atoms with Gasteiger partial charge in [0.25, 0.3) is 0 Å². The molecule has 0 bridgehead atoms. The average Bonchev–Trinajstić information content (AvgIpc) is 2.95. The van der Waals surface area contributed by atoms with Crippen LogP contribution in [0.25, 0.3) is 0 Å². The minimum absolute atomic E-state index is 0.103. The van der Waals surface area contributed by atoms with Crippen molar-refractivity contribution in [2.24, 2.45) is 11.1 Å². The van der Waals surface area contributed by atoms with Gasteiger partial charge in [-0.05, 0) is 60.8 Å². The first-order chi connectivity index (χ1) is 10.2. The lowest BCUT2D eigenvalue weighted by Crippen LogP contribution is -2.35. The molecule has 1 aromatic rings. The fourth-order valence-corrected chi connectivity index (χ4v) is 4.20. The third-order valence-electron chi connectivity index (χ3n) is 5.48. The summed E-state index contributed by atoms with van der Waals surface area (Å²) in [6.07, 6.45) is 11.0. The minimum atomic E-state index is 0.103. The van der Waals surface area contributed by atoms with E-state index >= 15 is 0 Å². The Morgan fingerprint density at radius 1 is 1.05 bits per heavy atom. The van der Waals surface area contributed by atoms with Crippen molar-refractivity contribution in [2.45, 2.75) is 64.2 Å². The first-order valence-electron chi connectivity index (χ1n) is 8.53. The summed E-state index contributed by atoms with van der Waals surface area (Å²) in [6, 6.07) is 6.64.